The highest BCUT2D eigenvalue weighted by Crippen LogP contribution is 2.42. The van der Waals surface area contributed by atoms with Crippen LogP contribution in [-0.4, -0.2) is 47.0 Å². The van der Waals surface area contributed by atoms with Crippen LogP contribution in [0.1, 0.15) is 67.2 Å². The molecular weight excluding hydrogens is 448 g/mol. The summed E-state index contributed by atoms with van der Waals surface area (Å²) in [7, 11) is 2.08. The number of fused-ring (bicyclic) bond motifs is 2. The Bertz CT molecular complexity index is 1350. The lowest BCUT2D eigenvalue weighted by Gasteiger charge is -2.39. The fourth-order valence-corrected chi connectivity index (χ4v) is 5.84. The molecule has 2 heterocycles. The van der Waals surface area contributed by atoms with Gasteiger partial charge in [0, 0.05) is 41.3 Å². The third-order valence-electron chi connectivity index (χ3n) is 7.82. The molecule has 2 aliphatic rings. The Hall–Kier alpha value is -3.18. The van der Waals surface area contributed by atoms with Crippen molar-refractivity contribution >= 4 is 28.2 Å². The molecule has 188 valence electrons. The molecule has 2 aromatic carbocycles. The van der Waals surface area contributed by atoms with Gasteiger partial charge in [-0.2, -0.15) is 0 Å². The molecule has 1 aliphatic heterocycles. The molecule has 3 atom stereocenters. The minimum atomic E-state index is -0.771. The van der Waals surface area contributed by atoms with Crippen molar-refractivity contribution in [3.05, 3.63) is 77.0 Å². The van der Waals surface area contributed by atoms with Crippen LogP contribution in [0.2, 0.25) is 0 Å². The largest absolute Gasteiger partial charge is 0.453 e. The SMILES string of the molecule is CCc1cccc(C(=O)C(CC)OC(=O)[C@@H]2C=C3c4cccc5c4c(cn5C(C)C)C[C@H]3N(C)C2)c1. The maximum absolute atomic E-state index is 13.4. The topological polar surface area (TPSA) is 51.5 Å². The Morgan fingerprint density at radius 2 is 1.89 bits per heavy atom. The normalized spacial score (nSPS) is 20.2. The molecule has 0 spiro atoms. The van der Waals surface area contributed by atoms with Crippen LogP contribution in [0.15, 0.2) is 54.7 Å². The van der Waals surface area contributed by atoms with E-state index in [2.05, 4.69) is 67.8 Å². The molecule has 0 amide bonds. The molecule has 1 unspecified atom stereocenters. The van der Waals surface area contributed by atoms with Gasteiger partial charge < -0.3 is 9.30 Å². The number of likely N-dealkylation sites (N-methyl/N-ethyl adjacent to an activating group) is 1. The zero-order valence-electron chi connectivity index (χ0n) is 22.0. The van der Waals surface area contributed by atoms with Crippen LogP contribution in [-0.2, 0) is 22.4 Å². The van der Waals surface area contributed by atoms with Crippen LogP contribution in [0.3, 0.4) is 0 Å². The Morgan fingerprint density at radius 1 is 1.11 bits per heavy atom. The van der Waals surface area contributed by atoms with Gasteiger partial charge in [-0.05, 0) is 74.6 Å². The van der Waals surface area contributed by atoms with E-state index in [0.29, 0.717) is 24.6 Å². The van der Waals surface area contributed by atoms with Crippen molar-refractivity contribution in [2.24, 2.45) is 5.92 Å². The summed E-state index contributed by atoms with van der Waals surface area (Å²) in [5.41, 5.74) is 6.73. The quantitative estimate of drug-likeness (QED) is 0.311. The first kappa shape index (κ1) is 24.5. The summed E-state index contributed by atoms with van der Waals surface area (Å²) in [6, 6.07) is 14.7. The molecular formula is C31H36N2O3. The molecule has 36 heavy (non-hydrogen) atoms. The Morgan fingerprint density at radius 3 is 2.61 bits per heavy atom. The summed E-state index contributed by atoms with van der Waals surface area (Å²) in [5, 5.41) is 1.30. The fourth-order valence-electron chi connectivity index (χ4n) is 5.84. The van der Waals surface area contributed by atoms with Crippen molar-refractivity contribution in [2.75, 3.05) is 13.6 Å². The van der Waals surface area contributed by atoms with Crippen LogP contribution in [0.25, 0.3) is 16.5 Å². The highest BCUT2D eigenvalue weighted by Gasteiger charge is 2.37. The van der Waals surface area contributed by atoms with E-state index in [9.17, 15) is 9.59 Å². The number of nitrogens with zero attached hydrogens (tertiary/aromatic N) is 2. The molecule has 0 radical (unpaired) electrons. The number of hydrogen-bond donors (Lipinski definition) is 0. The van der Waals surface area contributed by atoms with Gasteiger partial charge in [-0.25, -0.2) is 0 Å². The van der Waals surface area contributed by atoms with E-state index in [4.69, 9.17) is 4.74 Å². The predicted molar refractivity (Wildman–Crippen MR) is 144 cm³/mol. The van der Waals surface area contributed by atoms with Crippen LogP contribution >= 0.6 is 0 Å². The Kier molecular flexibility index (Phi) is 6.60. The van der Waals surface area contributed by atoms with Crippen LogP contribution in [0, 0.1) is 5.92 Å². The molecule has 1 aromatic heterocycles. The summed E-state index contributed by atoms with van der Waals surface area (Å²) in [6.45, 7) is 8.96. The second kappa shape index (κ2) is 9.70. The van der Waals surface area contributed by atoms with Gasteiger partial charge in [-0.3, -0.25) is 14.5 Å². The molecule has 5 nitrogen and oxygen atoms in total. The number of aromatic nitrogens is 1. The highest BCUT2D eigenvalue weighted by molar-refractivity contribution is 6.01. The van der Waals surface area contributed by atoms with Crippen molar-refractivity contribution in [3.8, 4) is 0 Å². The summed E-state index contributed by atoms with van der Waals surface area (Å²) >= 11 is 0. The second-order valence-electron chi connectivity index (χ2n) is 10.5. The first-order valence-electron chi connectivity index (χ1n) is 13.2. The number of carbonyl (C=O) groups is 2. The number of rotatable bonds is 7. The highest BCUT2D eigenvalue weighted by atomic mass is 16.5. The van der Waals surface area contributed by atoms with Gasteiger partial charge in [0.15, 0.2) is 6.10 Å². The molecule has 1 aliphatic carbocycles. The smallest absolute Gasteiger partial charge is 0.314 e. The monoisotopic (exact) mass is 484 g/mol. The Balaban J connectivity index is 1.43. The third kappa shape index (κ3) is 4.20. The van der Waals surface area contributed by atoms with Crippen molar-refractivity contribution in [1.82, 2.24) is 9.47 Å². The van der Waals surface area contributed by atoms with E-state index < -0.39 is 12.0 Å². The lowest BCUT2D eigenvalue weighted by Crippen LogP contribution is -2.45. The number of carbonyl (C=O) groups excluding carboxylic acids is 2. The predicted octanol–water partition coefficient (Wildman–Crippen LogP) is 5.86. The van der Waals surface area contributed by atoms with Gasteiger partial charge in [-0.15, -0.1) is 0 Å². The van der Waals surface area contributed by atoms with Gasteiger partial charge in [0.05, 0.1) is 5.92 Å². The average molecular weight is 485 g/mol. The Labute approximate surface area is 213 Å². The number of ketones is 1. The molecule has 5 heteroatoms. The third-order valence-corrected chi connectivity index (χ3v) is 7.82. The summed E-state index contributed by atoms with van der Waals surface area (Å²) in [5.74, 6) is -0.857. The molecule has 5 rings (SSSR count). The first-order chi connectivity index (χ1) is 17.3. The number of aryl methyl sites for hydroxylation is 1. The van der Waals surface area contributed by atoms with Crippen molar-refractivity contribution in [3.63, 3.8) is 0 Å². The number of ether oxygens (including phenoxy) is 1. The van der Waals surface area contributed by atoms with E-state index in [1.807, 2.05) is 31.2 Å². The molecule has 0 saturated heterocycles. The van der Waals surface area contributed by atoms with Crippen LogP contribution < -0.4 is 0 Å². The standard InChI is InChI=1S/C31H36N2O3/c1-6-20-10-8-11-21(14-20)30(34)28(7-2)36-31(35)23-15-25-24-12-9-13-26-29(24)22(18-33(26)19(3)4)16-27(25)32(5)17-23/h8-15,18-19,23,27-28H,6-7,16-17H2,1-5H3/t23-,27-,28?/m1/s1. The van der Waals surface area contributed by atoms with E-state index in [1.165, 1.54) is 27.6 Å². The minimum Gasteiger partial charge on any atom is -0.453 e. The lowest BCUT2D eigenvalue weighted by molar-refractivity contribution is -0.151. The van der Waals surface area contributed by atoms with E-state index in [-0.39, 0.29) is 17.8 Å². The number of esters is 1. The van der Waals surface area contributed by atoms with Gasteiger partial charge in [0.2, 0.25) is 5.78 Å². The van der Waals surface area contributed by atoms with Crippen LogP contribution in [0.4, 0.5) is 0 Å². The molecule has 0 bridgehead atoms. The number of benzene rings is 2. The minimum absolute atomic E-state index is 0.127. The molecule has 0 N–H and O–H groups in total. The summed E-state index contributed by atoms with van der Waals surface area (Å²) in [4.78, 5) is 28.8. The zero-order chi connectivity index (χ0) is 25.6. The van der Waals surface area contributed by atoms with Crippen molar-refractivity contribution in [1.29, 1.82) is 0 Å². The van der Waals surface area contributed by atoms with Crippen LogP contribution in [0.5, 0.6) is 0 Å². The van der Waals surface area contributed by atoms with Crippen molar-refractivity contribution in [2.45, 2.75) is 65.1 Å². The summed E-state index contributed by atoms with van der Waals surface area (Å²) < 4.78 is 8.22. The van der Waals surface area contributed by atoms with E-state index in [0.717, 1.165) is 18.4 Å². The molecule has 0 saturated carbocycles. The average Bonchev–Trinajstić information content (AvgIpc) is 3.27. The maximum atomic E-state index is 13.4. The number of hydrogen-bond acceptors (Lipinski definition) is 4. The van der Waals surface area contributed by atoms with Crippen molar-refractivity contribution < 1.29 is 14.3 Å². The molecule has 3 aromatic rings. The van der Waals surface area contributed by atoms with Gasteiger partial charge in [0.1, 0.15) is 0 Å². The second-order valence-corrected chi connectivity index (χ2v) is 10.5. The lowest BCUT2D eigenvalue weighted by atomic mass is 9.80. The first-order valence-corrected chi connectivity index (χ1v) is 13.2. The summed E-state index contributed by atoms with van der Waals surface area (Å²) in [6.07, 6.45) is 5.87. The zero-order valence-corrected chi connectivity index (χ0v) is 22.0. The van der Waals surface area contributed by atoms with Gasteiger partial charge >= 0.3 is 5.97 Å². The van der Waals surface area contributed by atoms with E-state index in [1.54, 1.807) is 0 Å². The maximum Gasteiger partial charge on any atom is 0.314 e. The number of Topliss-reactive ketones (excluding diaryl/α,β-unsaturated/α-hetero) is 1. The van der Waals surface area contributed by atoms with E-state index >= 15 is 0 Å². The van der Waals surface area contributed by atoms with Gasteiger partial charge in [-0.1, -0.05) is 50.3 Å². The van der Waals surface area contributed by atoms with Gasteiger partial charge in [0.25, 0.3) is 0 Å². The fraction of sp³-hybridized carbons (Fsp3) is 0.419. The molecule has 0 fully saturated rings.